The highest BCUT2D eigenvalue weighted by Crippen LogP contribution is 2.16. The van der Waals surface area contributed by atoms with Crippen LogP contribution < -0.4 is 0 Å². The van der Waals surface area contributed by atoms with Gasteiger partial charge in [0.05, 0.1) is 24.7 Å². The van der Waals surface area contributed by atoms with Crippen LogP contribution in [0.2, 0.25) is 0 Å². The number of alkyl halides is 3. The van der Waals surface area contributed by atoms with E-state index in [0.29, 0.717) is 11.1 Å². The van der Waals surface area contributed by atoms with Gasteiger partial charge in [0, 0.05) is 13.1 Å². The molecule has 0 N–H and O–H groups in total. The van der Waals surface area contributed by atoms with Crippen LogP contribution in [0.4, 0.5) is 17.6 Å². The van der Waals surface area contributed by atoms with Gasteiger partial charge in [-0.25, -0.2) is 4.39 Å². The fourth-order valence-electron chi connectivity index (χ4n) is 2.50. The Kier molecular flexibility index (Phi) is 7.52. The van der Waals surface area contributed by atoms with Crippen LogP contribution in [0.25, 0.3) is 0 Å². The molecular weight excluding hydrogens is 376 g/mol. The minimum Gasteiger partial charge on any atom is -0.372 e. The van der Waals surface area contributed by atoms with Gasteiger partial charge < -0.3 is 9.64 Å². The van der Waals surface area contributed by atoms with E-state index in [4.69, 9.17) is 5.26 Å². The van der Waals surface area contributed by atoms with Crippen molar-refractivity contribution < 1.29 is 27.1 Å². The van der Waals surface area contributed by atoms with Gasteiger partial charge in [0.15, 0.2) is 0 Å². The number of hydrogen-bond acceptors (Lipinski definition) is 3. The van der Waals surface area contributed by atoms with Crippen LogP contribution in [0.5, 0.6) is 0 Å². The van der Waals surface area contributed by atoms with E-state index in [1.807, 2.05) is 6.07 Å². The first-order valence-corrected chi connectivity index (χ1v) is 8.42. The van der Waals surface area contributed by atoms with Crippen LogP contribution >= 0.6 is 0 Å². The Morgan fingerprint density at radius 2 is 1.75 bits per heavy atom. The lowest BCUT2D eigenvalue weighted by atomic mass is 10.1. The normalized spacial score (nSPS) is 11.1. The van der Waals surface area contributed by atoms with Gasteiger partial charge in [-0.1, -0.05) is 24.3 Å². The number of carbonyl (C=O) groups is 1. The molecule has 0 spiro atoms. The third kappa shape index (κ3) is 7.37. The molecule has 0 radical (unpaired) electrons. The molecule has 0 aliphatic carbocycles. The SMILES string of the molecule is N#Cc1ccc(CN(Cc2cccc(F)c2)C(=O)CCOCC(F)(F)F)cc1. The maximum absolute atomic E-state index is 13.4. The number of nitriles is 1. The summed E-state index contributed by atoms with van der Waals surface area (Å²) in [7, 11) is 0. The predicted molar refractivity (Wildman–Crippen MR) is 93.3 cm³/mol. The van der Waals surface area contributed by atoms with Crippen LogP contribution in [-0.2, 0) is 22.6 Å². The smallest absolute Gasteiger partial charge is 0.372 e. The molecule has 4 nitrogen and oxygen atoms in total. The summed E-state index contributed by atoms with van der Waals surface area (Å²) >= 11 is 0. The number of hydrogen-bond donors (Lipinski definition) is 0. The fraction of sp³-hybridized carbons (Fsp3) is 0.300. The third-order valence-electron chi connectivity index (χ3n) is 3.80. The summed E-state index contributed by atoms with van der Waals surface area (Å²) in [5, 5.41) is 8.85. The first-order valence-electron chi connectivity index (χ1n) is 8.42. The van der Waals surface area contributed by atoms with E-state index in [1.54, 1.807) is 30.3 Å². The molecule has 8 heteroatoms. The van der Waals surface area contributed by atoms with Crippen LogP contribution in [0, 0.1) is 17.1 Å². The summed E-state index contributed by atoms with van der Waals surface area (Å²) in [6, 6.07) is 14.3. The molecule has 0 bridgehead atoms. The predicted octanol–water partition coefficient (Wildman–Crippen LogP) is 4.20. The van der Waals surface area contributed by atoms with Crippen LogP contribution in [-0.4, -0.2) is 30.2 Å². The largest absolute Gasteiger partial charge is 0.411 e. The molecule has 2 aromatic rings. The molecule has 0 saturated heterocycles. The van der Waals surface area contributed by atoms with Crippen molar-refractivity contribution in [2.75, 3.05) is 13.2 Å². The molecule has 0 aliphatic rings. The zero-order valence-corrected chi connectivity index (χ0v) is 14.9. The Hall–Kier alpha value is -2.92. The average molecular weight is 394 g/mol. The molecule has 2 aromatic carbocycles. The van der Waals surface area contributed by atoms with Crippen LogP contribution in [0.3, 0.4) is 0 Å². The second-order valence-corrected chi connectivity index (χ2v) is 6.11. The van der Waals surface area contributed by atoms with Gasteiger partial charge in [-0.3, -0.25) is 4.79 Å². The second-order valence-electron chi connectivity index (χ2n) is 6.11. The average Bonchev–Trinajstić information content (AvgIpc) is 2.64. The van der Waals surface area contributed by atoms with Crippen LogP contribution in [0.15, 0.2) is 48.5 Å². The summed E-state index contributed by atoms with van der Waals surface area (Å²) in [5.74, 6) is -0.868. The molecule has 28 heavy (non-hydrogen) atoms. The third-order valence-corrected chi connectivity index (χ3v) is 3.80. The number of nitrogens with zero attached hydrogens (tertiary/aromatic N) is 2. The van der Waals surface area contributed by atoms with Gasteiger partial charge in [0.2, 0.25) is 5.91 Å². The van der Waals surface area contributed by atoms with Crippen molar-refractivity contribution >= 4 is 5.91 Å². The second kappa shape index (κ2) is 9.85. The zero-order chi connectivity index (χ0) is 20.6. The maximum atomic E-state index is 13.4. The van der Waals surface area contributed by atoms with Gasteiger partial charge in [0.1, 0.15) is 12.4 Å². The standard InChI is InChI=1S/C20H18F4N2O2/c21-18-3-1-2-17(10-18)13-26(12-16-6-4-15(11-25)5-7-16)19(27)8-9-28-14-20(22,23)24/h1-7,10H,8-9,12-14H2. The van der Waals surface area contributed by atoms with Crippen molar-refractivity contribution in [3.05, 3.63) is 71.0 Å². The van der Waals surface area contributed by atoms with Crippen molar-refractivity contribution in [1.29, 1.82) is 5.26 Å². The summed E-state index contributed by atoms with van der Waals surface area (Å²) in [6.45, 7) is -1.53. The van der Waals surface area contributed by atoms with E-state index in [9.17, 15) is 22.4 Å². The number of ether oxygens (including phenoxy) is 1. The minimum absolute atomic E-state index is 0.0931. The highest BCUT2D eigenvalue weighted by atomic mass is 19.4. The van der Waals surface area contributed by atoms with Crippen molar-refractivity contribution in [1.82, 2.24) is 4.90 Å². The highest BCUT2D eigenvalue weighted by molar-refractivity contribution is 5.76. The Balaban J connectivity index is 2.06. The number of carbonyl (C=O) groups excluding carboxylic acids is 1. The molecule has 0 atom stereocenters. The summed E-state index contributed by atoms with van der Waals surface area (Å²) < 4.78 is 54.3. The quantitative estimate of drug-likeness (QED) is 0.498. The molecule has 0 fully saturated rings. The van der Waals surface area contributed by atoms with Crippen molar-refractivity contribution in [3.63, 3.8) is 0 Å². The molecule has 1 amide bonds. The van der Waals surface area contributed by atoms with Crippen LogP contribution in [0.1, 0.15) is 23.1 Å². The van der Waals surface area contributed by atoms with Gasteiger partial charge >= 0.3 is 6.18 Å². The molecule has 0 saturated carbocycles. The molecule has 0 aliphatic heterocycles. The van der Waals surface area contributed by atoms with Crippen molar-refractivity contribution in [3.8, 4) is 6.07 Å². The van der Waals surface area contributed by atoms with Gasteiger partial charge in [0.25, 0.3) is 0 Å². The van der Waals surface area contributed by atoms with E-state index in [0.717, 1.165) is 5.56 Å². The van der Waals surface area contributed by atoms with E-state index in [2.05, 4.69) is 4.74 Å². The minimum atomic E-state index is -4.45. The lowest BCUT2D eigenvalue weighted by molar-refractivity contribution is -0.175. The Morgan fingerprint density at radius 1 is 1.07 bits per heavy atom. The Bertz CT molecular complexity index is 829. The van der Waals surface area contributed by atoms with E-state index >= 15 is 0 Å². The zero-order valence-electron chi connectivity index (χ0n) is 14.9. The first-order chi connectivity index (χ1) is 13.3. The van der Waals surface area contributed by atoms with E-state index < -0.39 is 24.5 Å². The number of halogens is 4. The number of benzene rings is 2. The van der Waals surface area contributed by atoms with E-state index in [-0.39, 0.29) is 26.1 Å². The van der Waals surface area contributed by atoms with Gasteiger partial charge in [-0.05, 0) is 35.4 Å². The molecule has 2 rings (SSSR count). The lowest BCUT2D eigenvalue weighted by Gasteiger charge is -2.23. The summed E-state index contributed by atoms with van der Waals surface area (Å²) in [5.41, 5.74) is 1.76. The monoisotopic (exact) mass is 394 g/mol. The first kappa shape index (κ1) is 21.4. The maximum Gasteiger partial charge on any atom is 0.411 e. The van der Waals surface area contributed by atoms with E-state index in [1.165, 1.54) is 23.1 Å². The molecular formula is C20H18F4N2O2. The molecule has 0 heterocycles. The molecule has 0 unspecified atom stereocenters. The van der Waals surface area contributed by atoms with Crippen molar-refractivity contribution in [2.45, 2.75) is 25.7 Å². The van der Waals surface area contributed by atoms with Crippen molar-refractivity contribution in [2.24, 2.45) is 0 Å². The Labute approximate surface area is 159 Å². The summed E-state index contributed by atoms with van der Waals surface area (Å²) in [4.78, 5) is 13.9. The lowest BCUT2D eigenvalue weighted by Crippen LogP contribution is -2.31. The van der Waals surface area contributed by atoms with Gasteiger partial charge in [-0.2, -0.15) is 18.4 Å². The topological polar surface area (TPSA) is 53.3 Å². The Morgan fingerprint density at radius 3 is 2.36 bits per heavy atom. The number of amides is 1. The van der Waals surface area contributed by atoms with Gasteiger partial charge in [-0.15, -0.1) is 0 Å². The number of rotatable bonds is 8. The molecule has 0 aromatic heterocycles. The fourth-order valence-corrected chi connectivity index (χ4v) is 2.50. The molecule has 148 valence electrons. The highest BCUT2D eigenvalue weighted by Gasteiger charge is 2.27. The summed E-state index contributed by atoms with van der Waals surface area (Å²) in [6.07, 6.45) is -4.69.